The molecular formula is C33H47NO7. The second kappa shape index (κ2) is 20.0. The summed E-state index contributed by atoms with van der Waals surface area (Å²) >= 11 is 0. The standard InChI is InChI=1S/C33H47NO7/c1-2-3-4-5-6-7-8-17-32(35)40-25-24-39-23-22-38-21-20-37-19-18-34-33(36)41-26-31-29-15-11-9-13-27(29)28-14-10-12-16-30(28)31/h9-16,31H,2-8,17-26H2,1H3,(H,34,36). The molecule has 0 aromatic heterocycles. The summed E-state index contributed by atoms with van der Waals surface area (Å²) in [6.07, 6.45) is 8.31. The average Bonchev–Trinajstić information content (AvgIpc) is 3.31. The van der Waals surface area contributed by atoms with E-state index in [1.54, 1.807) is 0 Å². The van der Waals surface area contributed by atoms with E-state index < -0.39 is 6.09 Å². The quantitative estimate of drug-likeness (QED) is 0.132. The first-order valence-electron chi connectivity index (χ1n) is 15.2. The van der Waals surface area contributed by atoms with Gasteiger partial charge in [-0.2, -0.15) is 0 Å². The molecular weight excluding hydrogens is 522 g/mol. The fourth-order valence-electron chi connectivity index (χ4n) is 4.93. The Bertz CT molecular complexity index is 983. The summed E-state index contributed by atoms with van der Waals surface area (Å²) in [5, 5.41) is 2.73. The number of esters is 1. The van der Waals surface area contributed by atoms with Crippen LogP contribution in [0, 0.1) is 0 Å². The Balaban J connectivity index is 1.09. The highest BCUT2D eigenvalue weighted by Crippen LogP contribution is 2.44. The molecule has 0 heterocycles. The van der Waals surface area contributed by atoms with E-state index in [1.807, 2.05) is 24.3 Å². The number of carbonyl (C=O) groups excluding carboxylic acids is 2. The highest BCUT2D eigenvalue weighted by molar-refractivity contribution is 5.79. The Morgan fingerprint density at radius 2 is 1.20 bits per heavy atom. The molecule has 1 aliphatic rings. The zero-order chi connectivity index (χ0) is 29.0. The molecule has 0 saturated heterocycles. The molecule has 2 aromatic rings. The zero-order valence-electron chi connectivity index (χ0n) is 24.6. The van der Waals surface area contributed by atoms with E-state index in [2.05, 4.69) is 36.5 Å². The molecule has 0 radical (unpaired) electrons. The van der Waals surface area contributed by atoms with Gasteiger partial charge in [-0.15, -0.1) is 0 Å². The van der Waals surface area contributed by atoms with E-state index in [4.69, 9.17) is 23.7 Å². The van der Waals surface area contributed by atoms with Crippen LogP contribution in [0.15, 0.2) is 48.5 Å². The van der Waals surface area contributed by atoms with Crippen LogP contribution >= 0.6 is 0 Å². The summed E-state index contributed by atoms with van der Waals surface area (Å²) in [5.74, 6) is -0.107. The third kappa shape index (κ3) is 12.2. The van der Waals surface area contributed by atoms with Crippen molar-refractivity contribution in [3.63, 3.8) is 0 Å². The number of fused-ring (bicyclic) bond motifs is 3. The van der Waals surface area contributed by atoms with Gasteiger partial charge in [0.15, 0.2) is 0 Å². The van der Waals surface area contributed by atoms with Crippen molar-refractivity contribution in [1.29, 1.82) is 0 Å². The van der Waals surface area contributed by atoms with Gasteiger partial charge in [0.05, 0.1) is 39.6 Å². The number of ether oxygens (including phenoxy) is 5. The first-order valence-corrected chi connectivity index (χ1v) is 15.2. The van der Waals surface area contributed by atoms with E-state index in [1.165, 1.54) is 54.4 Å². The van der Waals surface area contributed by atoms with Crippen LogP contribution in [-0.2, 0) is 28.5 Å². The van der Waals surface area contributed by atoms with Gasteiger partial charge >= 0.3 is 12.1 Å². The Morgan fingerprint density at radius 1 is 0.659 bits per heavy atom. The lowest BCUT2D eigenvalue weighted by atomic mass is 9.98. The molecule has 1 aliphatic carbocycles. The Labute approximate surface area is 245 Å². The van der Waals surface area contributed by atoms with Gasteiger partial charge in [-0.05, 0) is 28.7 Å². The second-order valence-corrected chi connectivity index (χ2v) is 10.2. The van der Waals surface area contributed by atoms with E-state index >= 15 is 0 Å². The monoisotopic (exact) mass is 569 g/mol. The van der Waals surface area contributed by atoms with Crippen molar-refractivity contribution in [2.24, 2.45) is 0 Å². The molecule has 1 N–H and O–H groups in total. The minimum atomic E-state index is -0.452. The van der Waals surface area contributed by atoms with Crippen molar-refractivity contribution < 1.29 is 33.3 Å². The van der Waals surface area contributed by atoms with Gasteiger partial charge in [0, 0.05) is 18.9 Å². The first kappa shape index (κ1) is 32.6. The van der Waals surface area contributed by atoms with Crippen LogP contribution in [0.4, 0.5) is 4.79 Å². The molecule has 1 amide bonds. The van der Waals surface area contributed by atoms with Gasteiger partial charge < -0.3 is 29.0 Å². The van der Waals surface area contributed by atoms with Crippen LogP contribution < -0.4 is 5.32 Å². The maximum absolute atomic E-state index is 12.2. The molecule has 8 heteroatoms. The number of amides is 1. The van der Waals surface area contributed by atoms with E-state index in [0.717, 1.165) is 12.8 Å². The number of nitrogens with one attached hydrogen (secondary N) is 1. The van der Waals surface area contributed by atoms with Gasteiger partial charge in [-0.3, -0.25) is 4.79 Å². The highest BCUT2D eigenvalue weighted by Gasteiger charge is 2.28. The summed E-state index contributed by atoms with van der Waals surface area (Å²) in [5.41, 5.74) is 4.78. The summed E-state index contributed by atoms with van der Waals surface area (Å²) in [6.45, 7) is 5.59. The second-order valence-electron chi connectivity index (χ2n) is 10.2. The molecule has 0 spiro atoms. The lowest BCUT2D eigenvalue weighted by Gasteiger charge is -2.14. The first-order chi connectivity index (χ1) is 20.2. The van der Waals surface area contributed by atoms with E-state index in [0.29, 0.717) is 52.6 Å². The fraction of sp³-hybridized carbons (Fsp3) is 0.576. The van der Waals surface area contributed by atoms with Crippen molar-refractivity contribution in [1.82, 2.24) is 5.32 Å². The van der Waals surface area contributed by atoms with Gasteiger partial charge in [-0.1, -0.05) is 94.0 Å². The molecule has 226 valence electrons. The van der Waals surface area contributed by atoms with Crippen molar-refractivity contribution in [3.05, 3.63) is 59.7 Å². The minimum Gasteiger partial charge on any atom is -0.463 e. The van der Waals surface area contributed by atoms with Crippen LogP contribution in [-0.4, -0.2) is 71.5 Å². The number of benzene rings is 2. The summed E-state index contributed by atoms with van der Waals surface area (Å²) < 4.78 is 27.1. The molecule has 3 rings (SSSR count). The lowest BCUT2D eigenvalue weighted by molar-refractivity contribution is -0.145. The van der Waals surface area contributed by atoms with Gasteiger partial charge in [0.1, 0.15) is 13.2 Å². The predicted molar refractivity (Wildman–Crippen MR) is 159 cm³/mol. The van der Waals surface area contributed by atoms with Gasteiger partial charge in [-0.25, -0.2) is 4.79 Å². The van der Waals surface area contributed by atoms with Crippen LogP contribution in [0.3, 0.4) is 0 Å². The number of alkyl carbamates (subject to hydrolysis) is 1. The van der Waals surface area contributed by atoms with Crippen LogP contribution in [0.5, 0.6) is 0 Å². The van der Waals surface area contributed by atoms with Crippen LogP contribution in [0.2, 0.25) is 0 Å². The number of rotatable bonds is 22. The topological polar surface area (TPSA) is 92.3 Å². The number of carbonyl (C=O) groups is 2. The van der Waals surface area contributed by atoms with Crippen molar-refractivity contribution in [3.8, 4) is 11.1 Å². The lowest BCUT2D eigenvalue weighted by Crippen LogP contribution is -2.29. The fourth-order valence-corrected chi connectivity index (χ4v) is 4.93. The SMILES string of the molecule is CCCCCCCCCC(=O)OCCOCCOCCOCCNC(=O)OCC1c2ccccc2-c2ccccc21. The van der Waals surface area contributed by atoms with Crippen molar-refractivity contribution >= 4 is 12.1 Å². The molecule has 0 fully saturated rings. The number of unbranched alkanes of at least 4 members (excludes halogenated alkanes) is 6. The molecule has 8 nitrogen and oxygen atoms in total. The Morgan fingerprint density at radius 3 is 1.83 bits per heavy atom. The molecule has 0 unspecified atom stereocenters. The molecule has 0 atom stereocenters. The van der Waals surface area contributed by atoms with Crippen molar-refractivity contribution in [2.75, 3.05) is 59.4 Å². The largest absolute Gasteiger partial charge is 0.463 e. The summed E-state index contributed by atoms with van der Waals surface area (Å²) in [4.78, 5) is 23.9. The zero-order valence-corrected chi connectivity index (χ0v) is 24.6. The molecule has 2 aromatic carbocycles. The predicted octanol–water partition coefficient (Wildman–Crippen LogP) is 6.26. The highest BCUT2D eigenvalue weighted by atomic mass is 16.6. The van der Waals surface area contributed by atoms with Gasteiger partial charge in [0.2, 0.25) is 0 Å². The Kier molecular flexibility index (Phi) is 15.9. The number of hydrogen-bond donors (Lipinski definition) is 1. The van der Waals surface area contributed by atoms with Gasteiger partial charge in [0.25, 0.3) is 0 Å². The maximum Gasteiger partial charge on any atom is 0.407 e. The summed E-state index contributed by atoms with van der Waals surface area (Å²) in [7, 11) is 0. The average molecular weight is 570 g/mol. The van der Waals surface area contributed by atoms with Crippen molar-refractivity contribution in [2.45, 2.75) is 64.2 Å². The molecule has 0 bridgehead atoms. The molecule has 0 saturated carbocycles. The maximum atomic E-state index is 12.2. The molecule has 41 heavy (non-hydrogen) atoms. The number of hydrogen-bond acceptors (Lipinski definition) is 7. The third-order valence-corrected chi connectivity index (χ3v) is 7.08. The van der Waals surface area contributed by atoms with E-state index in [9.17, 15) is 9.59 Å². The smallest absolute Gasteiger partial charge is 0.407 e. The Hall–Kier alpha value is -2.94. The minimum absolute atomic E-state index is 0.0419. The van der Waals surface area contributed by atoms with Crippen LogP contribution in [0.1, 0.15) is 75.3 Å². The van der Waals surface area contributed by atoms with Crippen LogP contribution in [0.25, 0.3) is 11.1 Å². The summed E-state index contributed by atoms with van der Waals surface area (Å²) in [6, 6.07) is 16.5. The normalized spacial score (nSPS) is 12.1. The third-order valence-electron chi connectivity index (χ3n) is 7.08. The molecule has 0 aliphatic heterocycles. The van der Waals surface area contributed by atoms with E-state index in [-0.39, 0.29) is 25.1 Å².